The van der Waals surface area contributed by atoms with Crippen molar-refractivity contribution in [1.82, 2.24) is 21.3 Å². The maximum absolute atomic E-state index is 13.3. The molecular formula is C22H25N5O2S2. The van der Waals surface area contributed by atoms with Gasteiger partial charge in [0.05, 0.1) is 16.3 Å². The summed E-state index contributed by atoms with van der Waals surface area (Å²) in [4.78, 5) is 29.0. The first-order valence-corrected chi connectivity index (χ1v) is 12.7. The summed E-state index contributed by atoms with van der Waals surface area (Å²) in [5.74, 6) is 0.0249. The minimum absolute atomic E-state index is 0.0419. The molecule has 9 heteroatoms. The number of thiophene rings is 1. The van der Waals surface area contributed by atoms with E-state index in [1.165, 1.54) is 4.70 Å². The van der Waals surface area contributed by atoms with Crippen LogP contribution < -0.4 is 26.2 Å². The zero-order chi connectivity index (χ0) is 20.9. The van der Waals surface area contributed by atoms with Crippen LogP contribution in [-0.4, -0.2) is 49.0 Å². The summed E-state index contributed by atoms with van der Waals surface area (Å²) in [6, 6.07) is 8.37. The van der Waals surface area contributed by atoms with E-state index in [2.05, 4.69) is 44.8 Å². The molecule has 5 heterocycles. The summed E-state index contributed by atoms with van der Waals surface area (Å²) in [6.07, 6.45) is 2.92. The van der Waals surface area contributed by atoms with Gasteiger partial charge in [-0.25, -0.2) is 4.79 Å². The molecular weight excluding hydrogens is 430 g/mol. The minimum atomic E-state index is -0.140. The van der Waals surface area contributed by atoms with E-state index in [1.54, 1.807) is 23.1 Å². The molecule has 0 saturated carbocycles. The third kappa shape index (κ3) is 3.34. The number of amides is 3. The first kappa shape index (κ1) is 19.6. The molecule has 3 unspecified atom stereocenters. The highest BCUT2D eigenvalue weighted by Crippen LogP contribution is 2.48. The summed E-state index contributed by atoms with van der Waals surface area (Å²) in [6.45, 7) is 2.64. The third-order valence-electron chi connectivity index (χ3n) is 6.69. The summed E-state index contributed by atoms with van der Waals surface area (Å²) < 4.78 is 1.22. The van der Waals surface area contributed by atoms with E-state index in [-0.39, 0.29) is 35.3 Å². The molecule has 2 aromatic rings. The topological polar surface area (TPSA) is 85.5 Å². The number of rotatable bonds is 3. The molecule has 31 heavy (non-hydrogen) atoms. The molecule has 4 N–H and O–H groups in total. The van der Waals surface area contributed by atoms with Gasteiger partial charge in [0.1, 0.15) is 0 Å². The van der Waals surface area contributed by atoms with Crippen LogP contribution in [0.3, 0.4) is 0 Å². The number of thioether (sulfide) groups is 1. The Morgan fingerprint density at radius 3 is 3.00 bits per heavy atom. The lowest BCUT2D eigenvalue weighted by atomic mass is 9.86. The number of nitrogens with one attached hydrogen (secondary N) is 4. The number of hydrogen-bond donors (Lipinski definition) is 4. The maximum Gasteiger partial charge on any atom is 0.326 e. The van der Waals surface area contributed by atoms with Crippen molar-refractivity contribution >= 4 is 50.8 Å². The molecule has 7 nitrogen and oxygen atoms in total. The molecule has 1 aromatic carbocycles. The van der Waals surface area contributed by atoms with E-state index in [4.69, 9.17) is 0 Å². The molecule has 0 bridgehead atoms. The fraction of sp³-hybridized carbons (Fsp3) is 0.455. The summed E-state index contributed by atoms with van der Waals surface area (Å²) >= 11 is 3.27. The molecule has 3 saturated heterocycles. The highest BCUT2D eigenvalue weighted by atomic mass is 32.2. The normalized spacial score (nSPS) is 30.3. The molecule has 6 rings (SSSR count). The zero-order valence-electron chi connectivity index (χ0n) is 17.0. The molecule has 4 aliphatic rings. The largest absolute Gasteiger partial charge is 0.348 e. The van der Waals surface area contributed by atoms with E-state index < -0.39 is 0 Å². The quantitative estimate of drug-likeness (QED) is 0.572. The fourth-order valence-electron chi connectivity index (χ4n) is 5.25. The monoisotopic (exact) mass is 455 g/mol. The highest BCUT2D eigenvalue weighted by Gasteiger charge is 2.51. The second-order valence-corrected chi connectivity index (χ2v) is 10.7. The molecule has 3 amide bonds. The Labute approximate surface area is 189 Å². The highest BCUT2D eigenvalue weighted by molar-refractivity contribution is 8.04. The molecule has 1 aromatic heterocycles. The number of carbonyl (C=O) groups excluding carboxylic acids is 2. The van der Waals surface area contributed by atoms with Gasteiger partial charge >= 0.3 is 6.03 Å². The van der Waals surface area contributed by atoms with Crippen LogP contribution in [0.1, 0.15) is 19.3 Å². The first-order valence-electron chi connectivity index (χ1n) is 10.9. The van der Waals surface area contributed by atoms with E-state index in [9.17, 15) is 9.59 Å². The van der Waals surface area contributed by atoms with E-state index in [1.807, 2.05) is 11.0 Å². The predicted molar refractivity (Wildman–Crippen MR) is 125 cm³/mol. The molecule has 4 atom stereocenters. The Morgan fingerprint density at radius 1 is 1.19 bits per heavy atom. The van der Waals surface area contributed by atoms with Crippen LogP contribution in [0.4, 0.5) is 10.5 Å². The number of fused-ring (bicyclic) bond motifs is 1. The van der Waals surface area contributed by atoms with E-state index in [0.717, 1.165) is 55.7 Å². The lowest BCUT2D eigenvalue weighted by molar-refractivity contribution is -0.117. The van der Waals surface area contributed by atoms with Crippen LogP contribution in [-0.2, 0) is 4.79 Å². The number of carbonyl (C=O) groups is 2. The van der Waals surface area contributed by atoms with Gasteiger partial charge in [-0.05, 0) is 67.4 Å². The van der Waals surface area contributed by atoms with Crippen molar-refractivity contribution < 1.29 is 9.59 Å². The number of anilines is 1. The Morgan fingerprint density at radius 2 is 2.13 bits per heavy atom. The Hall–Kier alpha value is -2.07. The Balaban J connectivity index is 1.31. The van der Waals surface area contributed by atoms with Crippen LogP contribution in [0.5, 0.6) is 0 Å². The van der Waals surface area contributed by atoms with Gasteiger partial charge in [0.25, 0.3) is 5.91 Å². The second-order valence-electron chi connectivity index (χ2n) is 8.58. The van der Waals surface area contributed by atoms with Gasteiger partial charge in [0.15, 0.2) is 0 Å². The van der Waals surface area contributed by atoms with Crippen LogP contribution in [0.15, 0.2) is 40.2 Å². The number of nitrogens with zero attached hydrogens (tertiary/aromatic N) is 1. The van der Waals surface area contributed by atoms with Crippen LogP contribution in [0.2, 0.25) is 0 Å². The van der Waals surface area contributed by atoms with E-state index >= 15 is 0 Å². The third-order valence-corrected chi connectivity index (χ3v) is 8.95. The Kier molecular flexibility index (Phi) is 4.94. The molecule has 4 aliphatic heterocycles. The van der Waals surface area contributed by atoms with E-state index in [0.29, 0.717) is 4.91 Å². The number of hydrogen-bond acceptors (Lipinski definition) is 6. The van der Waals surface area contributed by atoms with Crippen molar-refractivity contribution in [3.8, 4) is 0 Å². The summed E-state index contributed by atoms with van der Waals surface area (Å²) in [5.41, 5.74) is 1.72. The predicted octanol–water partition coefficient (Wildman–Crippen LogP) is 2.56. The minimum Gasteiger partial charge on any atom is -0.348 e. The van der Waals surface area contributed by atoms with Gasteiger partial charge in [0.2, 0.25) is 0 Å². The van der Waals surface area contributed by atoms with Crippen molar-refractivity contribution in [1.29, 1.82) is 0 Å². The van der Waals surface area contributed by atoms with Gasteiger partial charge < -0.3 is 21.3 Å². The van der Waals surface area contributed by atoms with Gasteiger partial charge in [-0.2, -0.15) is 0 Å². The number of urea groups is 1. The molecule has 162 valence electrons. The molecule has 3 fully saturated rings. The zero-order valence-corrected chi connectivity index (χ0v) is 18.7. The fourth-order valence-corrected chi connectivity index (χ4v) is 7.42. The van der Waals surface area contributed by atoms with Crippen LogP contribution in [0.25, 0.3) is 10.1 Å². The summed E-state index contributed by atoms with van der Waals surface area (Å²) in [5, 5.41) is 16.5. The smallest absolute Gasteiger partial charge is 0.326 e. The van der Waals surface area contributed by atoms with Crippen molar-refractivity contribution in [2.45, 2.75) is 36.7 Å². The second kappa shape index (κ2) is 7.81. The van der Waals surface area contributed by atoms with Crippen molar-refractivity contribution in [2.75, 3.05) is 24.5 Å². The van der Waals surface area contributed by atoms with Gasteiger partial charge in [-0.3, -0.25) is 9.69 Å². The lowest BCUT2D eigenvalue weighted by Crippen LogP contribution is -2.62. The number of benzene rings is 1. The average Bonchev–Trinajstić information content (AvgIpc) is 3.40. The SMILES string of the molecule is O=C(N[C@@H]1CCCNC1)C1=C2NC(=O)N(c3ccc4sccc4c3)C3CCNC(S1)C23. The van der Waals surface area contributed by atoms with Crippen molar-refractivity contribution in [2.24, 2.45) is 5.92 Å². The number of piperidine rings is 2. The maximum atomic E-state index is 13.3. The summed E-state index contributed by atoms with van der Waals surface area (Å²) in [7, 11) is 0. The van der Waals surface area contributed by atoms with Gasteiger partial charge in [-0.15, -0.1) is 11.3 Å². The molecule has 0 aliphatic carbocycles. The van der Waals surface area contributed by atoms with Crippen molar-refractivity contribution in [3.63, 3.8) is 0 Å². The van der Waals surface area contributed by atoms with Crippen LogP contribution in [0, 0.1) is 5.92 Å². The Bertz CT molecular complexity index is 1080. The van der Waals surface area contributed by atoms with Gasteiger partial charge in [-0.1, -0.05) is 11.8 Å². The van der Waals surface area contributed by atoms with Gasteiger partial charge in [0, 0.05) is 34.6 Å². The van der Waals surface area contributed by atoms with Crippen LogP contribution >= 0.6 is 23.1 Å². The first-order chi connectivity index (χ1) is 15.2. The van der Waals surface area contributed by atoms with Crippen molar-refractivity contribution in [3.05, 3.63) is 40.2 Å². The molecule has 0 radical (unpaired) electrons. The standard InChI is InChI=1S/C22H25N5O2S2/c28-20(25-13-2-1-7-23-11-13)19-18-17-15(5-8-24-21(17)31-19)27(22(29)26-18)14-3-4-16-12(10-14)6-9-30-16/h3-4,6,9-10,13,15,17,21,23-24H,1-2,5,7-8,11H2,(H,25,28)(H,26,29)/t13-,15?,17?,21?/m1/s1. The molecule has 0 spiro atoms. The lowest BCUT2D eigenvalue weighted by Gasteiger charge is -2.45. The average molecular weight is 456 g/mol.